The summed E-state index contributed by atoms with van der Waals surface area (Å²) in [6.45, 7) is 2.04. The topological polar surface area (TPSA) is 30.0 Å². The van der Waals surface area contributed by atoms with Gasteiger partial charge in [-0.2, -0.15) is 0 Å². The normalized spacial score (nSPS) is 10.5. The van der Waals surface area contributed by atoms with Crippen molar-refractivity contribution in [2.75, 3.05) is 0 Å². The molecule has 0 N–H and O–H groups in total. The molecule has 1 heterocycles. The zero-order valence-corrected chi connectivity index (χ0v) is 11.2. The van der Waals surface area contributed by atoms with Crippen molar-refractivity contribution in [3.8, 4) is 0 Å². The number of ketones is 1. The van der Waals surface area contributed by atoms with Crippen molar-refractivity contribution in [1.29, 1.82) is 0 Å². The summed E-state index contributed by atoms with van der Waals surface area (Å²) in [4.78, 5) is 16.2. The molecule has 1 aromatic heterocycles. The Balaban J connectivity index is 2.13. The maximum atomic E-state index is 13.3. The number of Topliss-reactive ketones (excluding diaryl/α,β-unsaturated/α-hetero) is 1. The van der Waals surface area contributed by atoms with Gasteiger partial charge in [0.15, 0.2) is 5.78 Å². The largest absolute Gasteiger partial charge is 0.294 e. The van der Waals surface area contributed by atoms with Gasteiger partial charge >= 0.3 is 0 Å². The zero-order chi connectivity index (χ0) is 13.8. The molecule has 4 heteroatoms. The Morgan fingerprint density at radius 1 is 1.32 bits per heavy atom. The fourth-order valence-electron chi connectivity index (χ4n) is 1.70. The maximum absolute atomic E-state index is 13.3. The summed E-state index contributed by atoms with van der Waals surface area (Å²) in [6.07, 6.45) is 2.82. The van der Waals surface area contributed by atoms with E-state index >= 15 is 0 Å². The SMILES string of the molecule is CCc1ccc(CC(=O)c2ccc(Cl)c(F)c2)nc1. The van der Waals surface area contributed by atoms with Gasteiger partial charge < -0.3 is 0 Å². The fraction of sp³-hybridized carbons (Fsp3) is 0.200. The minimum atomic E-state index is -0.582. The van der Waals surface area contributed by atoms with Crippen LogP contribution in [0.2, 0.25) is 5.02 Å². The molecule has 0 saturated heterocycles. The molecule has 19 heavy (non-hydrogen) atoms. The second-order valence-corrected chi connectivity index (χ2v) is 4.65. The monoisotopic (exact) mass is 277 g/mol. The molecule has 0 aliphatic carbocycles. The standard InChI is InChI=1S/C15H13ClFNO/c1-2-10-3-5-12(18-9-10)8-15(19)11-4-6-13(16)14(17)7-11/h3-7,9H,2,8H2,1H3. The van der Waals surface area contributed by atoms with Crippen LogP contribution in [-0.4, -0.2) is 10.8 Å². The van der Waals surface area contributed by atoms with Crippen molar-refractivity contribution in [3.63, 3.8) is 0 Å². The van der Waals surface area contributed by atoms with Gasteiger partial charge in [-0.3, -0.25) is 9.78 Å². The third-order valence-electron chi connectivity index (χ3n) is 2.88. The summed E-state index contributed by atoms with van der Waals surface area (Å²) in [5, 5.41) is 0.0157. The van der Waals surface area contributed by atoms with E-state index in [1.807, 2.05) is 19.1 Å². The van der Waals surface area contributed by atoms with Crippen LogP contribution in [-0.2, 0) is 12.8 Å². The van der Waals surface area contributed by atoms with E-state index in [4.69, 9.17) is 11.6 Å². The number of hydrogen-bond donors (Lipinski definition) is 0. The Bertz CT molecular complexity index is 596. The lowest BCUT2D eigenvalue weighted by Crippen LogP contribution is -2.05. The van der Waals surface area contributed by atoms with Crippen molar-refractivity contribution in [2.24, 2.45) is 0 Å². The van der Waals surface area contributed by atoms with E-state index in [1.165, 1.54) is 12.1 Å². The summed E-state index contributed by atoms with van der Waals surface area (Å²) in [5.74, 6) is -0.755. The van der Waals surface area contributed by atoms with E-state index in [1.54, 1.807) is 6.20 Å². The predicted molar refractivity (Wildman–Crippen MR) is 73.1 cm³/mol. The number of halogens is 2. The van der Waals surface area contributed by atoms with Gasteiger partial charge in [0.2, 0.25) is 0 Å². The highest BCUT2D eigenvalue weighted by Gasteiger charge is 2.10. The van der Waals surface area contributed by atoms with E-state index in [0.29, 0.717) is 11.3 Å². The number of hydrogen-bond acceptors (Lipinski definition) is 2. The molecule has 0 atom stereocenters. The molecular weight excluding hydrogens is 265 g/mol. The molecule has 0 radical (unpaired) electrons. The van der Waals surface area contributed by atoms with Crippen LogP contribution in [0, 0.1) is 5.82 Å². The molecule has 0 spiro atoms. The molecule has 0 saturated carbocycles. The number of nitrogens with zero attached hydrogens (tertiary/aromatic N) is 1. The average molecular weight is 278 g/mol. The highest BCUT2D eigenvalue weighted by atomic mass is 35.5. The van der Waals surface area contributed by atoms with Gasteiger partial charge in [-0.1, -0.05) is 24.6 Å². The lowest BCUT2D eigenvalue weighted by molar-refractivity contribution is 0.0991. The van der Waals surface area contributed by atoms with Gasteiger partial charge in [-0.25, -0.2) is 4.39 Å². The number of aromatic nitrogens is 1. The molecular formula is C15H13ClFNO. The van der Waals surface area contributed by atoms with Crippen molar-refractivity contribution >= 4 is 17.4 Å². The Hall–Kier alpha value is -1.74. The van der Waals surface area contributed by atoms with Gasteiger partial charge in [0.1, 0.15) is 5.82 Å². The lowest BCUT2D eigenvalue weighted by Gasteiger charge is -2.03. The average Bonchev–Trinajstić information content (AvgIpc) is 2.42. The number of carbonyl (C=O) groups excluding carboxylic acids is 1. The Labute approximate surface area is 116 Å². The Kier molecular flexibility index (Phi) is 4.27. The summed E-state index contributed by atoms with van der Waals surface area (Å²) >= 11 is 5.58. The second-order valence-electron chi connectivity index (χ2n) is 4.24. The van der Waals surface area contributed by atoms with Crippen LogP contribution in [0.5, 0.6) is 0 Å². The van der Waals surface area contributed by atoms with E-state index in [0.717, 1.165) is 18.1 Å². The van der Waals surface area contributed by atoms with Crippen molar-refractivity contribution < 1.29 is 9.18 Å². The molecule has 2 rings (SSSR count). The molecule has 2 nitrogen and oxygen atoms in total. The molecule has 1 aromatic carbocycles. The first kappa shape index (κ1) is 13.7. The molecule has 98 valence electrons. The van der Waals surface area contributed by atoms with Crippen LogP contribution >= 0.6 is 11.6 Å². The Morgan fingerprint density at radius 2 is 2.11 bits per heavy atom. The van der Waals surface area contributed by atoms with E-state index < -0.39 is 5.82 Å². The minimum absolute atomic E-state index is 0.0157. The van der Waals surface area contributed by atoms with Crippen LogP contribution in [0.3, 0.4) is 0 Å². The van der Waals surface area contributed by atoms with Gasteiger partial charge in [0, 0.05) is 17.5 Å². The van der Waals surface area contributed by atoms with E-state index in [-0.39, 0.29) is 17.2 Å². The van der Waals surface area contributed by atoms with Crippen LogP contribution in [0.4, 0.5) is 4.39 Å². The van der Waals surface area contributed by atoms with Gasteiger partial charge in [-0.05, 0) is 36.2 Å². The third kappa shape index (κ3) is 3.38. The van der Waals surface area contributed by atoms with Crippen LogP contribution < -0.4 is 0 Å². The second kappa shape index (κ2) is 5.93. The number of carbonyl (C=O) groups is 1. The molecule has 0 bridgehead atoms. The molecule has 0 aliphatic heterocycles. The van der Waals surface area contributed by atoms with Gasteiger partial charge in [0.05, 0.1) is 11.4 Å². The molecule has 2 aromatic rings. The highest BCUT2D eigenvalue weighted by molar-refractivity contribution is 6.30. The quantitative estimate of drug-likeness (QED) is 0.794. The fourth-order valence-corrected chi connectivity index (χ4v) is 1.82. The van der Waals surface area contributed by atoms with E-state index in [2.05, 4.69) is 4.98 Å². The van der Waals surface area contributed by atoms with Crippen molar-refractivity contribution in [1.82, 2.24) is 4.98 Å². The first-order valence-corrected chi connectivity index (χ1v) is 6.40. The smallest absolute Gasteiger partial charge is 0.168 e. The summed E-state index contributed by atoms with van der Waals surface area (Å²) in [5.41, 5.74) is 2.11. The van der Waals surface area contributed by atoms with Crippen molar-refractivity contribution in [2.45, 2.75) is 19.8 Å². The lowest BCUT2D eigenvalue weighted by atomic mass is 10.1. The van der Waals surface area contributed by atoms with Crippen molar-refractivity contribution in [3.05, 3.63) is 64.2 Å². The van der Waals surface area contributed by atoms with Crippen LogP contribution in [0.25, 0.3) is 0 Å². The molecule has 0 aliphatic rings. The van der Waals surface area contributed by atoms with Gasteiger partial charge in [0.25, 0.3) is 0 Å². The number of benzene rings is 1. The first-order chi connectivity index (χ1) is 9.10. The summed E-state index contributed by atoms with van der Waals surface area (Å²) in [7, 11) is 0. The van der Waals surface area contributed by atoms with Gasteiger partial charge in [-0.15, -0.1) is 0 Å². The summed E-state index contributed by atoms with van der Waals surface area (Å²) < 4.78 is 13.3. The van der Waals surface area contributed by atoms with Crippen LogP contribution in [0.1, 0.15) is 28.5 Å². The molecule has 0 fully saturated rings. The number of aryl methyl sites for hydroxylation is 1. The first-order valence-electron chi connectivity index (χ1n) is 6.02. The minimum Gasteiger partial charge on any atom is -0.294 e. The maximum Gasteiger partial charge on any atom is 0.168 e. The highest BCUT2D eigenvalue weighted by Crippen LogP contribution is 2.16. The molecule has 0 amide bonds. The zero-order valence-electron chi connectivity index (χ0n) is 10.5. The van der Waals surface area contributed by atoms with Crippen LogP contribution in [0.15, 0.2) is 36.5 Å². The summed E-state index contributed by atoms with van der Waals surface area (Å²) in [6, 6.07) is 7.83. The van der Waals surface area contributed by atoms with E-state index in [9.17, 15) is 9.18 Å². The Morgan fingerprint density at radius 3 is 2.68 bits per heavy atom. The third-order valence-corrected chi connectivity index (χ3v) is 3.18. The predicted octanol–water partition coefficient (Wildman–Crippen LogP) is 3.86. The number of pyridine rings is 1. The molecule has 0 unspecified atom stereocenters. The number of rotatable bonds is 4.